The van der Waals surface area contributed by atoms with E-state index in [9.17, 15) is 10.2 Å². The SMILES string of the molecule is Nc1ncnc2c1nc(NCCc1ccccc1)n2[C@H]1C[C@H](O)[C@@H](CO)O1. The van der Waals surface area contributed by atoms with E-state index in [1.165, 1.54) is 11.9 Å². The lowest BCUT2D eigenvalue weighted by Crippen LogP contribution is -2.24. The van der Waals surface area contributed by atoms with Gasteiger partial charge in [-0.15, -0.1) is 0 Å². The fraction of sp³-hybridized carbons (Fsp3) is 0.389. The van der Waals surface area contributed by atoms with E-state index < -0.39 is 18.4 Å². The molecule has 2 aromatic heterocycles. The van der Waals surface area contributed by atoms with Crippen LogP contribution in [-0.2, 0) is 11.2 Å². The molecule has 1 aromatic carbocycles. The number of hydrogen-bond donors (Lipinski definition) is 4. The lowest BCUT2D eigenvalue weighted by atomic mass is 10.1. The highest BCUT2D eigenvalue weighted by atomic mass is 16.5. The summed E-state index contributed by atoms with van der Waals surface area (Å²) in [4.78, 5) is 12.8. The van der Waals surface area contributed by atoms with Crippen molar-refractivity contribution in [1.29, 1.82) is 0 Å². The second-order valence-corrected chi connectivity index (χ2v) is 6.51. The van der Waals surface area contributed by atoms with Crippen molar-refractivity contribution in [3.8, 4) is 0 Å². The zero-order valence-corrected chi connectivity index (χ0v) is 14.7. The third-order valence-electron chi connectivity index (χ3n) is 4.72. The van der Waals surface area contributed by atoms with Crippen LogP contribution < -0.4 is 11.1 Å². The standard InChI is InChI=1S/C18H22N6O3/c19-16-15-17(22-10-21-16)24(14-8-12(26)13(9-25)27-14)18(23-15)20-7-6-11-4-2-1-3-5-11/h1-5,10,12-14,25-26H,6-9H2,(H,20,23)(H2,19,21,22)/t12-,13+,14+/m0/s1. The number of nitrogens with two attached hydrogens (primary N) is 1. The van der Waals surface area contributed by atoms with Crippen LogP contribution in [0.2, 0.25) is 0 Å². The number of nitrogens with one attached hydrogen (secondary N) is 1. The number of aromatic nitrogens is 4. The van der Waals surface area contributed by atoms with E-state index in [4.69, 9.17) is 10.5 Å². The number of ether oxygens (including phenoxy) is 1. The van der Waals surface area contributed by atoms with Gasteiger partial charge in [0.1, 0.15) is 18.7 Å². The first-order valence-corrected chi connectivity index (χ1v) is 8.88. The molecule has 0 bridgehead atoms. The summed E-state index contributed by atoms with van der Waals surface area (Å²) < 4.78 is 7.58. The smallest absolute Gasteiger partial charge is 0.207 e. The van der Waals surface area contributed by atoms with Crippen LogP contribution in [0.15, 0.2) is 36.7 Å². The van der Waals surface area contributed by atoms with Gasteiger partial charge in [-0.25, -0.2) is 15.0 Å². The van der Waals surface area contributed by atoms with E-state index in [-0.39, 0.29) is 12.4 Å². The molecule has 3 atom stereocenters. The van der Waals surface area contributed by atoms with Gasteiger partial charge < -0.3 is 26.0 Å². The second-order valence-electron chi connectivity index (χ2n) is 6.51. The second kappa shape index (κ2) is 7.47. The maximum absolute atomic E-state index is 10.1. The van der Waals surface area contributed by atoms with Crippen LogP contribution in [0.5, 0.6) is 0 Å². The van der Waals surface area contributed by atoms with E-state index >= 15 is 0 Å². The molecule has 0 unspecified atom stereocenters. The number of anilines is 2. The van der Waals surface area contributed by atoms with Crippen molar-refractivity contribution in [1.82, 2.24) is 19.5 Å². The first kappa shape index (κ1) is 17.7. The molecular weight excluding hydrogens is 348 g/mol. The molecule has 142 valence electrons. The highest BCUT2D eigenvalue weighted by molar-refractivity contribution is 5.84. The van der Waals surface area contributed by atoms with E-state index in [1.807, 2.05) is 18.2 Å². The molecule has 3 aromatic rings. The molecule has 9 heteroatoms. The quantitative estimate of drug-likeness (QED) is 0.499. The molecule has 0 amide bonds. The normalized spacial score (nSPS) is 22.4. The van der Waals surface area contributed by atoms with E-state index in [0.29, 0.717) is 30.1 Å². The number of nitrogen functional groups attached to an aromatic ring is 1. The van der Waals surface area contributed by atoms with Crippen LogP contribution >= 0.6 is 0 Å². The summed E-state index contributed by atoms with van der Waals surface area (Å²) in [6.07, 6.45) is 0.624. The fourth-order valence-electron chi connectivity index (χ4n) is 3.32. The Labute approximate surface area is 155 Å². The molecule has 0 radical (unpaired) electrons. The van der Waals surface area contributed by atoms with Crippen LogP contribution in [0.1, 0.15) is 18.2 Å². The number of rotatable bonds is 6. The largest absolute Gasteiger partial charge is 0.394 e. The number of hydrogen-bond acceptors (Lipinski definition) is 8. The molecule has 27 heavy (non-hydrogen) atoms. The Morgan fingerprint density at radius 1 is 1.26 bits per heavy atom. The number of nitrogens with zero attached hydrogens (tertiary/aromatic N) is 4. The van der Waals surface area contributed by atoms with Gasteiger partial charge in [-0.05, 0) is 12.0 Å². The summed E-state index contributed by atoms with van der Waals surface area (Å²) in [6.45, 7) is 0.400. The number of fused-ring (bicyclic) bond motifs is 1. The van der Waals surface area contributed by atoms with Gasteiger partial charge in [0.05, 0.1) is 12.7 Å². The van der Waals surface area contributed by atoms with Crippen molar-refractivity contribution >= 4 is 22.9 Å². The predicted molar refractivity (Wildman–Crippen MR) is 100.0 cm³/mol. The van der Waals surface area contributed by atoms with Crippen molar-refractivity contribution in [2.45, 2.75) is 31.3 Å². The van der Waals surface area contributed by atoms with E-state index in [2.05, 4.69) is 32.4 Å². The highest BCUT2D eigenvalue weighted by Crippen LogP contribution is 2.34. The Hall–Kier alpha value is -2.75. The third kappa shape index (κ3) is 3.44. The summed E-state index contributed by atoms with van der Waals surface area (Å²) in [5.74, 6) is 0.825. The summed E-state index contributed by atoms with van der Waals surface area (Å²) in [5, 5.41) is 22.8. The van der Waals surface area contributed by atoms with Gasteiger partial charge in [0.25, 0.3) is 0 Å². The van der Waals surface area contributed by atoms with Crippen LogP contribution in [-0.4, -0.2) is 55.1 Å². The maximum atomic E-state index is 10.1. The van der Waals surface area contributed by atoms with Crippen molar-refractivity contribution in [2.24, 2.45) is 0 Å². The van der Waals surface area contributed by atoms with Crippen LogP contribution in [0, 0.1) is 0 Å². The minimum absolute atomic E-state index is 0.252. The zero-order valence-electron chi connectivity index (χ0n) is 14.7. The Morgan fingerprint density at radius 2 is 2.07 bits per heavy atom. The molecule has 1 aliphatic heterocycles. The van der Waals surface area contributed by atoms with Crippen molar-refractivity contribution < 1.29 is 14.9 Å². The molecule has 3 heterocycles. The number of imidazole rings is 1. The van der Waals surface area contributed by atoms with Gasteiger partial charge in [-0.3, -0.25) is 4.57 Å². The fourth-order valence-corrected chi connectivity index (χ4v) is 3.32. The van der Waals surface area contributed by atoms with E-state index in [0.717, 1.165) is 6.42 Å². The summed E-state index contributed by atoms with van der Waals surface area (Å²) >= 11 is 0. The first-order chi connectivity index (χ1) is 13.2. The summed E-state index contributed by atoms with van der Waals surface area (Å²) in [6, 6.07) is 10.1. The third-order valence-corrected chi connectivity index (χ3v) is 4.72. The van der Waals surface area contributed by atoms with Crippen molar-refractivity contribution in [3.05, 3.63) is 42.2 Å². The van der Waals surface area contributed by atoms with Gasteiger partial charge in [0, 0.05) is 13.0 Å². The van der Waals surface area contributed by atoms with Gasteiger partial charge >= 0.3 is 0 Å². The molecular formula is C18H22N6O3. The highest BCUT2D eigenvalue weighted by Gasteiger charge is 2.36. The Balaban J connectivity index is 1.62. The minimum atomic E-state index is -0.756. The number of benzene rings is 1. The maximum Gasteiger partial charge on any atom is 0.207 e. The average Bonchev–Trinajstić information content (AvgIpc) is 3.23. The lowest BCUT2D eigenvalue weighted by Gasteiger charge is -2.17. The Morgan fingerprint density at radius 3 is 2.81 bits per heavy atom. The predicted octanol–water partition coefficient (Wildman–Crippen LogP) is 0.704. The summed E-state index contributed by atoms with van der Waals surface area (Å²) in [5.41, 5.74) is 8.17. The number of aliphatic hydroxyl groups excluding tert-OH is 2. The molecule has 0 aliphatic carbocycles. The minimum Gasteiger partial charge on any atom is -0.394 e. The van der Waals surface area contributed by atoms with Gasteiger partial charge in [0.15, 0.2) is 17.0 Å². The zero-order chi connectivity index (χ0) is 18.8. The average molecular weight is 370 g/mol. The monoisotopic (exact) mass is 370 g/mol. The molecule has 5 N–H and O–H groups in total. The molecule has 1 aliphatic rings. The van der Waals surface area contributed by atoms with Crippen LogP contribution in [0.3, 0.4) is 0 Å². The van der Waals surface area contributed by atoms with E-state index in [1.54, 1.807) is 4.57 Å². The van der Waals surface area contributed by atoms with Crippen molar-refractivity contribution in [2.75, 3.05) is 24.2 Å². The molecule has 1 saturated heterocycles. The van der Waals surface area contributed by atoms with Gasteiger partial charge in [-0.1, -0.05) is 30.3 Å². The number of aliphatic hydroxyl groups is 2. The molecule has 9 nitrogen and oxygen atoms in total. The summed E-state index contributed by atoms with van der Waals surface area (Å²) in [7, 11) is 0. The Bertz CT molecular complexity index is 916. The van der Waals surface area contributed by atoms with Crippen LogP contribution in [0.25, 0.3) is 11.2 Å². The molecule has 0 spiro atoms. The lowest BCUT2D eigenvalue weighted by molar-refractivity contribution is -0.0425. The first-order valence-electron chi connectivity index (χ1n) is 8.88. The molecule has 0 saturated carbocycles. The van der Waals surface area contributed by atoms with Crippen molar-refractivity contribution in [3.63, 3.8) is 0 Å². The molecule has 4 rings (SSSR count). The van der Waals surface area contributed by atoms with Crippen LogP contribution in [0.4, 0.5) is 11.8 Å². The van der Waals surface area contributed by atoms with Gasteiger partial charge in [0.2, 0.25) is 5.95 Å². The Kier molecular flexibility index (Phi) is 4.88. The van der Waals surface area contributed by atoms with Gasteiger partial charge in [-0.2, -0.15) is 0 Å². The molecule has 1 fully saturated rings. The topological polar surface area (TPSA) is 131 Å².